The molecule has 0 radical (unpaired) electrons. The first-order valence-electron chi connectivity index (χ1n) is 6.00. The third-order valence-corrected chi connectivity index (χ3v) is 3.12. The van der Waals surface area contributed by atoms with Gasteiger partial charge in [0.25, 0.3) is 11.8 Å². The van der Waals surface area contributed by atoms with Crippen LogP contribution in [0.25, 0.3) is 0 Å². The van der Waals surface area contributed by atoms with E-state index in [1.54, 1.807) is 0 Å². The Morgan fingerprint density at radius 2 is 1.57 bits per heavy atom. The summed E-state index contributed by atoms with van der Waals surface area (Å²) in [6.45, 7) is 4.34. The molecule has 0 saturated heterocycles. The van der Waals surface area contributed by atoms with Crippen molar-refractivity contribution in [3.8, 4) is 0 Å². The Balaban J connectivity index is 2.32. The fourth-order valence-corrected chi connectivity index (χ4v) is 1.85. The minimum atomic E-state index is -4.53. The molecule has 0 saturated carbocycles. The number of alkyl halides is 3. The molecule has 0 spiro atoms. The predicted molar refractivity (Wildman–Crippen MR) is 67.8 cm³/mol. The maximum absolute atomic E-state index is 12.7. The number of carbonyl (C=O) groups excluding carboxylic acids is 2. The van der Waals surface area contributed by atoms with Crippen molar-refractivity contribution in [2.75, 3.05) is 5.43 Å². The number of halogens is 3. The molecule has 21 heavy (non-hydrogen) atoms. The van der Waals surface area contributed by atoms with E-state index in [0.29, 0.717) is 5.01 Å². The second-order valence-corrected chi connectivity index (χ2v) is 4.69. The van der Waals surface area contributed by atoms with Crippen molar-refractivity contribution < 1.29 is 22.8 Å². The Hall–Kier alpha value is -2.38. The van der Waals surface area contributed by atoms with Crippen molar-refractivity contribution in [2.24, 2.45) is 0 Å². The Morgan fingerprint density at radius 3 is 2.05 bits per heavy atom. The first-order chi connectivity index (χ1) is 9.61. The number of imide groups is 1. The van der Waals surface area contributed by atoms with Gasteiger partial charge in [0, 0.05) is 16.8 Å². The summed E-state index contributed by atoms with van der Waals surface area (Å²) in [6, 6.07) is 1.63. The molecular weight excluding hydrogens is 287 g/mol. The number of hydrogen-bond donors (Lipinski definition) is 1. The van der Waals surface area contributed by atoms with E-state index in [1.165, 1.54) is 20.8 Å². The molecule has 0 bridgehead atoms. The fourth-order valence-electron chi connectivity index (χ4n) is 1.85. The average molecular weight is 299 g/mol. The Morgan fingerprint density at radius 1 is 1.05 bits per heavy atom. The van der Waals surface area contributed by atoms with Crippen LogP contribution in [0, 0.1) is 6.92 Å². The van der Waals surface area contributed by atoms with Crippen LogP contribution in [0.1, 0.15) is 25.1 Å². The van der Waals surface area contributed by atoms with Crippen LogP contribution in [0.15, 0.2) is 23.3 Å². The molecule has 0 unspecified atom stereocenters. The summed E-state index contributed by atoms with van der Waals surface area (Å²) in [7, 11) is 0. The zero-order chi connectivity index (χ0) is 15.9. The molecule has 1 N–H and O–H groups in total. The zero-order valence-electron chi connectivity index (χ0n) is 11.5. The van der Waals surface area contributed by atoms with Crippen molar-refractivity contribution in [1.29, 1.82) is 0 Å². The van der Waals surface area contributed by atoms with Crippen LogP contribution in [-0.2, 0) is 15.8 Å². The molecule has 1 aromatic heterocycles. The molecule has 1 aliphatic heterocycles. The van der Waals surface area contributed by atoms with E-state index in [0.717, 1.165) is 12.1 Å². The van der Waals surface area contributed by atoms with Crippen LogP contribution in [0.2, 0.25) is 0 Å². The van der Waals surface area contributed by atoms with Gasteiger partial charge < -0.3 is 0 Å². The lowest BCUT2D eigenvalue weighted by Crippen LogP contribution is -2.37. The summed E-state index contributed by atoms with van der Waals surface area (Å²) >= 11 is 0. The van der Waals surface area contributed by atoms with Crippen LogP contribution in [0.3, 0.4) is 0 Å². The number of pyridine rings is 1. The van der Waals surface area contributed by atoms with Gasteiger partial charge in [0.15, 0.2) is 0 Å². The molecule has 8 heteroatoms. The van der Waals surface area contributed by atoms with Crippen molar-refractivity contribution >= 4 is 17.6 Å². The number of nitrogens with zero attached hydrogens (tertiary/aromatic N) is 2. The lowest BCUT2D eigenvalue weighted by Gasteiger charge is -2.18. The third kappa shape index (κ3) is 2.74. The summed E-state index contributed by atoms with van der Waals surface area (Å²) in [5.41, 5.74) is 2.04. The zero-order valence-corrected chi connectivity index (χ0v) is 11.5. The predicted octanol–water partition coefficient (Wildman–Crippen LogP) is 2.44. The standard InChI is InChI=1S/C13H12F3N3O2/c1-6-4-9(13(14,15)16)5-10(17-6)18-19-11(20)7(2)8(3)12(19)21/h4-5H,1-3H3,(H,17,18). The Labute approximate surface area is 118 Å². The van der Waals surface area contributed by atoms with E-state index in [-0.39, 0.29) is 22.7 Å². The summed E-state index contributed by atoms with van der Waals surface area (Å²) in [6.07, 6.45) is -4.53. The maximum Gasteiger partial charge on any atom is 0.416 e. The van der Waals surface area contributed by atoms with Gasteiger partial charge in [-0.15, -0.1) is 0 Å². The van der Waals surface area contributed by atoms with Gasteiger partial charge in [-0.2, -0.15) is 18.2 Å². The van der Waals surface area contributed by atoms with Gasteiger partial charge in [-0.05, 0) is 32.9 Å². The third-order valence-electron chi connectivity index (χ3n) is 3.12. The summed E-state index contributed by atoms with van der Waals surface area (Å²) < 4.78 is 38.2. The molecule has 2 rings (SSSR count). The molecule has 2 heterocycles. The van der Waals surface area contributed by atoms with Crippen LogP contribution >= 0.6 is 0 Å². The molecule has 1 aliphatic rings. The first kappa shape index (κ1) is 15.0. The van der Waals surface area contributed by atoms with Gasteiger partial charge in [-0.3, -0.25) is 15.0 Å². The molecule has 0 aliphatic carbocycles. The van der Waals surface area contributed by atoms with Crippen molar-refractivity contribution in [3.05, 3.63) is 34.5 Å². The van der Waals surface area contributed by atoms with Gasteiger partial charge in [0.05, 0.1) is 5.56 Å². The Bertz CT molecular complexity index is 641. The maximum atomic E-state index is 12.7. The van der Waals surface area contributed by atoms with Crippen LogP contribution in [-0.4, -0.2) is 21.8 Å². The smallest absolute Gasteiger partial charge is 0.271 e. The number of aryl methyl sites for hydroxylation is 1. The van der Waals surface area contributed by atoms with Crippen molar-refractivity contribution in [1.82, 2.24) is 9.99 Å². The minimum absolute atomic E-state index is 0.118. The highest BCUT2D eigenvalue weighted by Crippen LogP contribution is 2.31. The number of amides is 2. The van der Waals surface area contributed by atoms with Crippen molar-refractivity contribution in [2.45, 2.75) is 26.9 Å². The lowest BCUT2D eigenvalue weighted by atomic mass is 10.2. The normalized spacial score (nSPS) is 16.0. The van der Waals surface area contributed by atoms with E-state index < -0.39 is 23.6 Å². The quantitative estimate of drug-likeness (QED) is 0.852. The molecule has 0 atom stereocenters. The summed E-state index contributed by atoms with van der Waals surface area (Å²) in [4.78, 5) is 27.5. The van der Waals surface area contributed by atoms with E-state index in [9.17, 15) is 22.8 Å². The monoisotopic (exact) mass is 299 g/mol. The largest absolute Gasteiger partial charge is 0.416 e. The summed E-state index contributed by atoms with van der Waals surface area (Å²) in [5, 5.41) is 0.659. The van der Waals surface area contributed by atoms with Gasteiger partial charge in [0.1, 0.15) is 5.82 Å². The number of carbonyl (C=O) groups is 2. The lowest BCUT2D eigenvalue weighted by molar-refractivity contribution is -0.137. The molecule has 5 nitrogen and oxygen atoms in total. The van der Waals surface area contributed by atoms with Gasteiger partial charge >= 0.3 is 6.18 Å². The SMILES string of the molecule is CC1=C(C)C(=O)N(Nc2cc(C(F)(F)F)cc(C)n2)C1=O. The number of anilines is 1. The van der Waals surface area contributed by atoms with E-state index >= 15 is 0 Å². The first-order valence-corrected chi connectivity index (χ1v) is 6.00. The number of rotatable bonds is 2. The highest BCUT2D eigenvalue weighted by Gasteiger charge is 2.35. The molecule has 0 fully saturated rings. The second-order valence-electron chi connectivity index (χ2n) is 4.69. The Kier molecular flexibility index (Phi) is 3.48. The van der Waals surface area contributed by atoms with E-state index in [1.807, 2.05) is 0 Å². The molecule has 1 aromatic rings. The van der Waals surface area contributed by atoms with Gasteiger partial charge in [-0.25, -0.2) is 4.98 Å². The highest BCUT2D eigenvalue weighted by molar-refractivity contribution is 6.19. The van der Waals surface area contributed by atoms with Gasteiger partial charge in [0.2, 0.25) is 0 Å². The van der Waals surface area contributed by atoms with Crippen LogP contribution < -0.4 is 5.43 Å². The number of aromatic nitrogens is 1. The van der Waals surface area contributed by atoms with E-state index in [2.05, 4.69) is 10.4 Å². The average Bonchev–Trinajstić information content (AvgIpc) is 2.55. The highest BCUT2D eigenvalue weighted by atomic mass is 19.4. The number of hydrazine groups is 1. The molecular formula is C13H12F3N3O2. The van der Waals surface area contributed by atoms with Crippen LogP contribution in [0.4, 0.5) is 19.0 Å². The summed E-state index contributed by atoms with van der Waals surface area (Å²) in [5.74, 6) is -1.42. The second kappa shape index (κ2) is 4.87. The molecule has 2 amide bonds. The van der Waals surface area contributed by atoms with E-state index in [4.69, 9.17) is 0 Å². The molecule has 0 aromatic carbocycles. The number of nitrogens with one attached hydrogen (secondary N) is 1. The minimum Gasteiger partial charge on any atom is -0.271 e. The number of hydrogen-bond acceptors (Lipinski definition) is 4. The van der Waals surface area contributed by atoms with Crippen LogP contribution in [0.5, 0.6) is 0 Å². The molecule has 112 valence electrons. The topological polar surface area (TPSA) is 62.3 Å². The van der Waals surface area contributed by atoms with Gasteiger partial charge in [-0.1, -0.05) is 0 Å². The fraction of sp³-hybridized carbons (Fsp3) is 0.308. The van der Waals surface area contributed by atoms with Crippen molar-refractivity contribution in [3.63, 3.8) is 0 Å².